The lowest BCUT2D eigenvalue weighted by molar-refractivity contribution is 0.377. The highest BCUT2D eigenvalue weighted by molar-refractivity contribution is 7.90. The SMILES string of the molecule is COc1c(-c2cc(N)n[nH]2)cc(F)c(S(C)(=O)=O)c1F. The van der Waals surface area contributed by atoms with Gasteiger partial charge >= 0.3 is 0 Å². The van der Waals surface area contributed by atoms with E-state index in [0.717, 1.165) is 13.2 Å². The number of nitrogens with two attached hydrogens (primary N) is 1. The Morgan fingerprint density at radius 1 is 1.35 bits per heavy atom. The first-order chi connectivity index (χ1) is 9.25. The minimum absolute atomic E-state index is 0.0147. The van der Waals surface area contributed by atoms with E-state index in [2.05, 4.69) is 10.2 Å². The van der Waals surface area contributed by atoms with Crippen LogP contribution in [0.25, 0.3) is 11.3 Å². The molecule has 1 heterocycles. The fourth-order valence-corrected chi connectivity index (χ4v) is 2.63. The monoisotopic (exact) mass is 303 g/mol. The van der Waals surface area contributed by atoms with E-state index >= 15 is 0 Å². The second-order valence-corrected chi connectivity index (χ2v) is 6.01. The number of nitrogens with one attached hydrogen (secondary N) is 1. The molecule has 0 fully saturated rings. The van der Waals surface area contributed by atoms with Gasteiger partial charge in [0.2, 0.25) is 0 Å². The maximum absolute atomic E-state index is 14.2. The fraction of sp³-hybridized carbons (Fsp3) is 0.182. The molecule has 108 valence electrons. The van der Waals surface area contributed by atoms with Crippen LogP contribution in [0.3, 0.4) is 0 Å². The number of anilines is 1. The molecular weight excluding hydrogens is 292 g/mol. The van der Waals surface area contributed by atoms with E-state index in [1.165, 1.54) is 6.07 Å². The molecule has 6 nitrogen and oxygen atoms in total. The number of ether oxygens (including phenoxy) is 1. The van der Waals surface area contributed by atoms with Crippen molar-refractivity contribution >= 4 is 15.7 Å². The summed E-state index contributed by atoms with van der Waals surface area (Å²) in [5.41, 5.74) is 5.61. The summed E-state index contributed by atoms with van der Waals surface area (Å²) in [6.07, 6.45) is 0.710. The van der Waals surface area contributed by atoms with Gasteiger partial charge in [0.15, 0.2) is 21.4 Å². The standard InChI is InChI=1S/C11H11F2N3O3S/c1-19-10-5(7-4-8(14)16-15-7)3-6(12)11(9(10)13)20(2,17)18/h3-4H,1-2H3,(H3,14,15,16). The summed E-state index contributed by atoms with van der Waals surface area (Å²) in [4.78, 5) is -1.04. The van der Waals surface area contributed by atoms with E-state index in [0.29, 0.717) is 6.26 Å². The number of H-pyrrole nitrogens is 1. The Bertz CT molecular complexity index is 771. The van der Waals surface area contributed by atoms with Crippen LogP contribution in [0.15, 0.2) is 17.0 Å². The quantitative estimate of drug-likeness (QED) is 0.892. The van der Waals surface area contributed by atoms with Gasteiger partial charge in [0.25, 0.3) is 0 Å². The highest BCUT2D eigenvalue weighted by Crippen LogP contribution is 2.36. The van der Waals surface area contributed by atoms with Gasteiger partial charge in [-0.25, -0.2) is 17.2 Å². The van der Waals surface area contributed by atoms with Crippen LogP contribution in [0.1, 0.15) is 0 Å². The molecule has 0 aliphatic carbocycles. The van der Waals surface area contributed by atoms with Crippen molar-refractivity contribution in [2.75, 3.05) is 19.1 Å². The van der Waals surface area contributed by atoms with Crippen molar-refractivity contribution in [1.29, 1.82) is 0 Å². The van der Waals surface area contributed by atoms with Crippen LogP contribution in [0.2, 0.25) is 0 Å². The number of nitrogen functional groups attached to an aromatic ring is 1. The third-order valence-electron chi connectivity index (χ3n) is 2.59. The molecule has 0 aliphatic heterocycles. The van der Waals surface area contributed by atoms with E-state index in [4.69, 9.17) is 10.5 Å². The minimum Gasteiger partial charge on any atom is -0.493 e. The van der Waals surface area contributed by atoms with Gasteiger partial charge in [0.1, 0.15) is 16.5 Å². The molecule has 0 saturated carbocycles. The summed E-state index contributed by atoms with van der Waals surface area (Å²) < 4.78 is 55.7. The number of nitrogens with zero attached hydrogens (tertiary/aromatic N) is 1. The van der Waals surface area contributed by atoms with Gasteiger partial charge in [0.05, 0.1) is 12.8 Å². The van der Waals surface area contributed by atoms with Crippen molar-refractivity contribution in [3.63, 3.8) is 0 Å². The molecule has 0 unspecified atom stereocenters. The summed E-state index contributed by atoms with van der Waals surface area (Å²) in [5.74, 6) is -2.79. The van der Waals surface area contributed by atoms with Crippen molar-refractivity contribution in [2.45, 2.75) is 4.90 Å². The molecule has 1 aromatic carbocycles. The van der Waals surface area contributed by atoms with E-state index < -0.39 is 32.1 Å². The predicted octanol–water partition coefficient (Wildman–Crippen LogP) is 1.35. The van der Waals surface area contributed by atoms with E-state index in [-0.39, 0.29) is 17.1 Å². The summed E-state index contributed by atoms with van der Waals surface area (Å²) in [5, 5.41) is 6.10. The van der Waals surface area contributed by atoms with Crippen molar-refractivity contribution < 1.29 is 21.9 Å². The van der Waals surface area contributed by atoms with E-state index in [1.807, 2.05) is 0 Å². The Labute approximate surface area is 113 Å². The number of methoxy groups -OCH3 is 1. The minimum atomic E-state index is -4.07. The summed E-state index contributed by atoms with van der Waals surface area (Å²) in [7, 11) is -2.93. The highest BCUT2D eigenvalue weighted by atomic mass is 32.2. The van der Waals surface area contributed by atoms with Crippen LogP contribution in [0, 0.1) is 11.6 Å². The van der Waals surface area contributed by atoms with Gasteiger partial charge < -0.3 is 10.5 Å². The van der Waals surface area contributed by atoms with Gasteiger partial charge in [-0.05, 0) is 6.07 Å². The van der Waals surface area contributed by atoms with Crippen molar-refractivity contribution in [2.24, 2.45) is 0 Å². The molecule has 0 atom stereocenters. The lowest BCUT2D eigenvalue weighted by atomic mass is 10.1. The lowest BCUT2D eigenvalue weighted by Crippen LogP contribution is -2.07. The zero-order chi connectivity index (χ0) is 15.1. The van der Waals surface area contributed by atoms with Gasteiger partial charge in [-0.15, -0.1) is 0 Å². The third kappa shape index (κ3) is 2.31. The second-order valence-electron chi connectivity index (χ2n) is 4.06. The van der Waals surface area contributed by atoms with E-state index in [9.17, 15) is 17.2 Å². The van der Waals surface area contributed by atoms with Crippen LogP contribution < -0.4 is 10.5 Å². The van der Waals surface area contributed by atoms with Crippen LogP contribution >= 0.6 is 0 Å². The molecule has 20 heavy (non-hydrogen) atoms. The highest BCUT2D eigenvalue weighted by Gasteiger charge is 2.27. The Morgan fingerprint density at radius 3 is 2.45 bits per heavy atom. The Balaban J connectivity index is 2.80. The number of aromatic nitrogens is 2. The largest absolute Gasteiger partial charge is 0.493 e. The van der Waals surface area contributed by atoms with Crippen molar-refractivity contribution in [3.05, 3.63) is 23.8 Å². The fourth-order valence-electron chi connectivity index (χ4n) is 1.80. The molecule has 0 saturated heterocycles. The molecule has 2 aromatic rings. The van der Waals surface area contributed by atoms with E-state index in [1.54, 1.807) is 0 Å². The molecule has 0 bridgehead atoms. The molecule has 0 spiro atoms. The molecule has 9 heteroatoms. The normalized spacial score (nSPS) is 11.6. The van der Waals surface area contributed by atoms with Gasteiger partial charge in [0, 0.05) is 17.9 Å². The number of sulfone groups is 1. The smallest absolute Gasteiger partial charge is 0.187 e. The number of aromatic amines is 1. The predicted molar refractivity (Wildman–Crippen MR) is 68.0 cm³/mol. The Kier molecular flexibility index (Phi) is 3.38. The molecule has 0 amide bonds. The zero-order valence-corrected chi connectivity index (χ0v) is 11.4. The Morgan fingerprint density at radius 2 is 2.00 bits per heavy atom. The number of benzene rings is 1. The van der Waals surface area contributed by atoms with Crippen LogP contribution in [-0.2, 0) is 9.84 Å². The van der Waals surface area contributed by atoms with Crippen LogP contribution in [0.5, 0.6) is 5.75 Å². The first kappa shape index (κ1) is 14.3. The Hall–Kier alpha value is -2.16. The average molecular weight is 303 g/mol. The number of rotatable bonds is 3. The molecule has 0 aliphatic rings. The molecule has 3 N–H and O–H groups in total. The topological polar surface area (TPSA) is 98.1 Å². The molecular formula is C11H11F2N3O3S. The lowest BCUT2D eigenvalue weighted by Gasteiger charge is -2.11. The van der Waals surface area contributed by atoms with Crippen molar-refractivity contribution in [1.82, 2.24) is 10.2 Å². The van der Waals surface area contributed by atoms with Gasteiger partial charge in [-0.1, -0.05) is 0 Å². The average Bonchev–Trinajstić information content (AvgIpc) is 2.73. The summed E-state index contributed by atoms with van der Waals surface area (Å²) in [6.45, 7) is 0. The number of hydrogen-bond acceptors (Lipinski definition) is 5. The number of hydrogen-bond donors (Lipinski definition) is 2. The maximum atomic E-state index is 14.2. The second kappa shape index (κ2) is 4.75. The first-order valence-electron chi connectivity index (χ1n) is 5.33. The molecule has 1 aromatic heterocycles. The molecule has 2 rings (SSSR count). The van der Waals surface area contributed by atoms with Crippen molar-refractivity contribution in [3.8, 4) is 17.0 Å². The van der Waals surface area contributed by atoms with Gasteiger partial charge in [-0.3, -0.25) is 5.10 Å². The van der Waals surface area contributed by atoms with Gasteiger partial charge in [-0.2, -0.15) is 5.10 Å². The first-order valence-corrected chi connectivity index (χ1v) is 7.22. The zero-order valence-electron chi connectivity index (χ0n) is 10.6. The summed E-state index contributed by atoms with van der Waals surface area (Å²) in [6, 6.07) is 2.20. The maximum Gasteiger partial charge on any atom is 0.187 e. The molecule has 0 radical (unpaired) electrons. The third-order valence-corrected chi connectivity index (χ3v) is 3.71. The van der Waals surface area contributed by atoms with Crippen LogP contribution in [0.4, 0.5) is 14.6 Å². The summed E-state index contributed by atoms with van der Waals surface area (Å²) >= 11 is 0. The number of halogens is 2. The van der Waals surface area contributed by atoms with Crippen LogP contribution in [-0.4, -0.2) is 32.0 Å².